The van der Waals surface area contributed by atoms with E-state index in [1.807, 2.05) is 0 Å². The van der Waals surface area contributed by atoms with Gasteiger partial charge in [-0.05, 0) is 24.3 Å². The van der Waals surface area contributed by atoms with Crippen LogP contribution in [0.3, 0.4) is 0 Å². The largest absolute Gasteiger partial charge is 0.497 e. The molecule has 2 N–H and O–H groups in total. The van der Waals surface area contributed by atoms with Crippen molar-refractivity contribution in [3.8, 4) is 11.5 Å². The molecule has 160 valence electrons. The number of hydrogen-bond acceptors (Lipinski definition) is 5. The second-order valence-electron chi connectivity index (χ2n) is 6.87. The third-order valence-corrected chi connectivity index (χ3v) is 5.52. The third kappa shape index (κ3) is 5.36. The van der Waals surface area contributed by atoms with Crippen molar-refractivity contribution in [2.24, 2.45) is 5.92 Å². The Kier molecular flexibility index (Phi) is 7.42. The number of nitrogens with one attached hydrogen (secondary N) is 1. The zero-order valence-electron chi connectivity index (χ0n) is 16.3. The second kappa shape index (κ2) is 10.0. The van der Waals surface area contributed by atoms with Gasteiger partial charge in [-0.25, -0.2) is 0 Å². The molecule has 9 heteroatoms. The Labute approximate surface area is 184 Å². The molecule has 1 saturated heterocycles. The smallest absolute Gasteiger partial charge is 0.227 e. The van der Waals surface area contributed by atoms with Gasteiger partial charge < -0.3 is 24.8 Å². The number of carbonyl (C=O) groups is 2. The first kappa shape index (κ1) is 22.2. The second-order valence-corrected chi connectivity index (χ2v) is 7.65. The van der Waals surface area contributed by atoms with Crippen LogP contribution in [0.25, 0.3) is 0 Å². The molecule has 1 aliphatic rings. The number of aliphatic hydroxyl groups excluding tert-OH is 1. The van der Waals surface area contributed by atoms with Gasteiger partial charge in [-0.2, -0.15) is 0 Å². The fraction of sp³-hybridized carbons (Fsp3) is 0.333. The molecule has 0 bridgehead atoms. The van der Waals surface area contributed by atoms with Crippen molar-refractivity contribution in [3.63, 3.8) is 0 Å². The zero-order chi connectivity index (χ0) is 21.7. The molecular weight excluding hydrogens is 431 g/mol. The van der Waals surface area contributed by atoms with Crippen LogP contribution in [-0.2, 0) is 9.59 Å². The summed E-state index contributed by atoms with van der Waals surface area (Å²) in [5.41, 5.74) is 0.682. The van der Waals surface area contributed by atoms with Crippen molar-refractivity contribution in [1.82, 2.24) is 5.32 Å². The Hall–Kier alpha value is -2.48. The lowest BCUT2D eigenvalue weighted by atomic mass is 10.1. The first-order chi connectivity index (χ1) is 14.4. The van der Waals surface area contributed by atoms with Gasteiger partial charge >= 0.3 is 0 Å². The van der Waals surface area contributed by atoms with Crippen molar-refractivity contribution in [2.45, 2.75) is 12.5 Å². The number of methoxy groups -OCH3 is 1. The molecule has 0 aliphatic carbocycles. The molecule has 2 aromatic rings. The predicted molar refractivity (Wildman–Crippen MR) is 114 cm³/mol. The van der Waals surface area contributed by atoms with E-state index in [0.29, 0.717) is 22.2 Å². The van der Waals surface area contributed by atoms with E-state index in [9.17, 15) is 14.7 Å². The van der Waals surface area contributed by atoms with Gasteiger partial charge in [0.05, 0.1) is 18.1 Å². The summed E-state index contributed by atoms with van der Waals surface area (Å²) < 4.78 is 10.6. The maximum absolute atomic E-state index is 12.5. The third-order valence-electron chi connectivity index (χ3n) is 4.72. The fourth-order valence-electron chi connectivity index (χ4n) is 3.11. The van der Waals surface area contributed by atoms with Crippen molar-refractivity contribution >= 4 is 40.7 Å². The normalized spacial score (nSPS) is 17.0. The highest BCUT2D eigenvalue weighted by molar-refractivity contribution is 6.42. The molecule has 2 aromatic carbocycles. The Morgan fingerprint density at radius 1 is 1.30 bits per heavy atom. The topological polar surface area (TPSA) is 88.1 Å². The van der Waals surface area contributed by atoms with E-state index in [4.69, 9.17) is 32.7 Å². The number of ether oxygens (including phenoxy) is 2. The van der Waals surface area contributed by atoms with Crippen LogP contribution in [0.1, 0.15) is 6.42 Å². The highest BCUT2D eigenvalue weighted by Crippen LogP contribution is 2.31. The van der Waals surface area contributed by atoms with E-state index in [0.717, 1.165) is 0 Å². The lowest BCUT2D eigenvalue weighted by Crippen LogP contribution is -2.39. The van der Waals surface area contributed by atoms with Gasteiger partial charge in [0.25, 0.3) is 0 Å². The minimum atomic E-state index is -0.949. The van der Waals surface area contributed by atoms with Crippen LogP contribution >= 0.6 is 23.2 Å². The number of nitrogens with zero attached hydrogens (tertiary/aromatic N) is 1. The molecule has 2 amide bonds. The first-order valence-electron chi connectivity index (χ1n) is 9.36. The molecule has 1 fully saturated rings. The number of aliphatic hydroxyl groups is 1. The van der Waals surface area contributed by atoms with Gasteiger partial charge in [0.1, 0.15) is 29.2 Å². The van der Waals surface area contributed by atoms with Gasteiger partial charge in [-0.1, -0.05) is 35.3 Å². The predicted octanol–water partition coefficient (Wildman–Crippen LogP) is 2.91. The number of benzene rings is 2. The molecule has 0 aromatic heterocycles. The summed E-state index contributed by atoms with van der Waals surface area (Å²) in [6.07, 6.45) is -0.844. The van der Waals surface area contributed by atoms with E-state index < -0.39 is 12.0 Å². The molecule has 1 heterocycles. The zero-order valence-corrected chi connectivity index (χ0v) is 17.8. The van der Waals surface area contributed by atoms with E-state index >= 15 is 0 Å². The molecule has 2 unspecified atom stereocenters. The standard InChI is InChI=1S/C21H22Cl2N2O5/c1-29-16-5-2-4-14(9-16)25-11-13(8-19(25)27)21(28)24-10-15(26)12-30-18-7-3-6-17(22)20(18)23/h2-7,9,13,15,26H,8,10-12H2,1H3,(H,24,28). The molecule has 2 atom stereocenters. The first-order valence-corrected chi connectivity index (χ1v) is 10.1. The van der Waals surface area contributed by atoms with Crippen molar-refractivity contribution < 1.29 is 24.2 Å². The number of anilines is 1. The van der Waals surface area contributed by atoms with Gasteiger partial charge in [-0.3, -0.25) is 9.59 Å². The molecule has 0 spiro atoms. The Morgan fingerprint density at radius 3 is 2.83 bits per heavy atom. The summed E-state index contributed by atoms with van der Waals surface area (Å²) in [4.78, 5) is 26.4. The maximum Gasteiger partial charge on any atom is 0.227 e. The van der Waals surface area contributed by atoms with Gasteiger partial charge in [0.15, 0.2) is 0 Å². The van der Waals surface area contributed by atoms with E-state index in [-0.39, 0.29) is 43.0 Å². The van der Waals surface area contributed by atoms with Gasteiger partial charge in [0.2, 0.25) is 11.8 Å². The number of amides is 2. The van der Waals surface area contributed by atoms with Crippen LogP contribution in [0.15, 0.2) is 42.5 Å². The number of halogens is 2. The van der Waals surface area contributed by atoms with E-state index in [1.165, 1.54) is 0 Å². The average molecular weight is 453 g/mol. The summed E-state index contributed by atoms with van der Waals surface area (Å²) in [5.74, 6) is 0.0525. The molecule has 0 saturated carbocycles. The number of hydrogen-bond donors (Lipinski definition) is 2. The van der Waals surface area contributed by atoms with Crippen LogP contribution in [-0.4, -0.2) is 49.8 Å². The number of rotatable bonds is 8. The van der Waals surface area contributed by atoms with Crippen LogP contribution in [0, 0.1) is 5.92 Å². The molecular formula is C21H22Cl2N2O5. The van der Waals surface area contributed by atoms with Crippen LogP contribution in [0.5, 0.6) is 11.5 Å². The summed E-state index contributed by atoms with van der Waals surface area (Å²) in [5, 5.41) is 13.4. The van der Waals surface area contributed by atoms with Gasteiger partial charge in [0, 0.05) is 31.3 Å². The Morgan fingerprint density at radius 2 is 2.07 bits per heavy atom. The highest BCUT2D eigenvalue weighted by atomic mass is 35.5. The highest BCUT2D eigenvalue weighted by Gasteiger charge is 2.35. The van der Waals surface area contributed by atoms with Crippen LogP contribution < -0.4 is 19.7 Å². The van der Waals surface area contributed by atoms with Crippen molar-refractivity contribution in [2.75, 3.05) is 31.7 Å². The average Bonchev–Trinajstić information content (AvgIpc) is 3.14. The summed E-state index contributed by atoms with van der Waals surface area (Å²) in [7, 11) is 1.55. The molecule has 7 nitrogen and oxygen atoms in total. The Bertz CT molecular complexity index is 924. The molecule has 30 heavy (non-hydrogen) atoms. The van der Waals surface area contributed by atoms with Crippen LogP contribution in [0.4, 0.5) is 5.69 Å². The van der Waals surface area contributed by atoms with Crippen molar-refractivity contribution in [3.05, 3.63) is 52.5 Å². The monoisotopic (exact) mass is 452 g/mol. The lowest BCUT2D eigenvalue weighted by Gasteiger charge is -2.18. The van der Waals surface area contributed by atoms with Crippen LogP contribution in [0.2, 0.25) is 10.0 Å². The van der Waals surface area contributed by atoms with E-state index in [2.05, 4.69) is 5.32 Å². The lowest BCUT2D eigenvalue weighted by molar-refractivity contribution is -0.126. The minimum absolute atomic E-state index is 0.0130. The Balaban J connectivity index is 1.49. The summed E-state index contributed by atoms with van der Waals surface area (Å²) >= 11 is 12.0. The SMILES string of the molecule is COc1cccc(N2CC(C(=O)NCC(O)COc3cccc(Cl)c3Cl)CC2=O)c1. The number of carbonyl (C=O) groups excluding carboxylic acids is 2. The maximum atomic E-state index is 12.5. The van der Waals surface area contributed by atoms with Gasteiger partial charge in [-0.15, -0.1) is 0 Å². The van der Waals surface area contributed by atoms with E-state index in [1.54, 1.807) is 54.5 Å². The quantitative estimate of drug-likeness (QED) is 0.642. The minimum Gasteiger partial charge on any atom is -0.497 e. The summed E-state index contributed by atoms with van der Waals surface area (Å²) in [6, 6.07) is 12.1. The van der Waals surface area contributed by atoms with Crippen molar-refractivity contribution in [1.29, 1.82) is 0 Å². The molecule has 0 radical (unpaired) electrons. The molecule has 3 rings (SSSR count). The fourth-order valence-corrected chi connectivity index (χ4v) is 3.46. The summed E-state index contributed by atoms with van der Waals surface area (Å²) in [6.45, 7) is 0.184. The molecule has 1 aliphatic heterocycles.